The van der Waals surface area contributed by atoms with E-state index < -0.39 is 18.6 Å². The summed E-state index contributed by atoms with van der Waals surface area (Å²) in [5.41, 5.74) is 1.13. The second-order valence-corrected chi connectivity index (χ2v) is 6.44. The van der Waals surface area contributed by atoms with Crippen molar-refractivity contribution in [1.29, 1.82) is 0 Å². The summed E-state index contributed by atoms with van der Waals surface area (Å²) in [6.07, 6.45) is -2.23. The van der Waals surface area contributed by atoms with Crippen LogP contribution in [-0.4, -0.2) is 50.8 Å². The Morgan fingerprint density at radius 2 is 1.96 bits per heavy atom. The topological polar surface area (TPSA) is 75.9 Å². The number of amides is 1. The van der Waals surface area contributed by atoms with E-state index in [1.54, 1.807) is 12.1 Å². The van der Waals surface area contributed by atoms with Crippen molar-refractivity contribution in [2.45, 2.75) is 38.1 Å². The molecule has 0 atom stereocenters. The van der Waals surface area contributed by atoms with E-state index in [2.05, 4.69) is 15.5 Å². The Kier molecular flexibility index (Phi) is 5.21. The summed E-state index contributed by atoms with van der Waals surface area (Å²) >= 11 is 0. The highest BCUT2D eigenvalue weighted by Crippen LogP contribution is 2.34. The van der Waals surface area contributed by atoms with Crippen LogP contribution in [0.2, 0.25) is 0 Å². The maximum Gasteiger partial charge on any atom is 0.405 e. The second-order valence-electron chi connectivity index (χ2n) is 6.44. The Bertz CT molecular complexity index is 754. The quantitative estimate of drug-likeness (QED) is 0.808. The van der Waals surface area contributed by atoms with E-state index in [-0.39, 0.29) is 5.56 Å². The largest absolute Gasteiger partial charge is 0.405 e. The first-order chi connectivity index (χ1) is 12.3. The molecule has 1 fully saturated rings. The Morgan fingerprint density at radius 3 is 2.58 bits per heavy atom. The Balaban J connectivity index is 1.53. The number of aromatic nitrogens is 4. The van der Waals surface area contributed by atoms with Crippen LogP contribution in [0.1, 0.15) is 40.6 Å². The van der Waals surface area contributed by atoms with Gasteiger partial charge in [0.05, 0.1) is 12.6 Å². The second kappa shape index (κ2) is 7.40. The average Bonchev–Trinajstić information content (AvgIpc) is 3.32. The minimum Gasteiger partial charge on any atom is -0.343 e. The van der Waals surface area contributed by atoms with Crippen molar-refractivity contribution in [2.75, 3.05) is 13.6 Å². The zero-order valence-corrected chi connectivity index (χ0v) is 14.2. The number of nitrogens with one attached hydrogen (secondary N) is 1. The van der Waals surface area contributed by atoms with Gasteiger partial charge >= 0.3 is 6.18 Å². The molecule has 1 N–H and O–H groups in total. The lowest BCUT2D eigenvalue weighted by molar-refractivity contribution is -0.123. The van der Waals surface area contributed by atoms with Gasteiger partial charge in [0.25, 0.3) is 5.91 Å². The highest BCUT2D eigenvalue weighted by atomic mass is 19.4. The number of tetrazole rings is 1. The molecule has 1 aromatic heterocycles. The third kappa shape index (κ3) is 5.01. The van der Waals surface area contributed by atoms with Crippen LogP contribution in [-0.2, 0) is 13.1 Å². The first kappa shape index (κ1) is 18.3. The number of halogens is 3. The minimum absolute atomic E-state index is 0.193. The van der Waals surface area contributed by atoms with Crippen LogP contribution in [0.15, 0.2) is 24.3 Å². The molecule has 3 rings (SSSR count). The van der Waals surface area contributed by atoms with Crippen LogP contribution in [0.25, 0.3) is 0 Å². The molecule has 26 heavy (non-hydrogen) atoms. The molecule has 10 heteroatoms. The number of nitrogens with zero attached hydrogens (tertiary/aromatic N) is 5. The van der Waals surface area contributed by atoms with Crippen LogP contribution in [0.4, 0.5) is 13.2 Å². The van der Waals surface area contributed by atoms with Crippen LogP contribution < -0.4 is 5.32 Å². The smallest absolute Gasteiger partial charge is 0.343 e. The minimum atomic E-state index is -4.42. The highest BCUT2D eigenvalue weighted by Gasteiger charge is 2.28. The Labute approximate surface area is 148 Å². The van der Waals surface area contributed by atoms with E-state index in [1.165, 1.54) is 12.1 Å². The van der Waals surface area contributed by atoms with E-state index in [4.69, 9.17) is 0 Å². The molecule has 0 spiro atoms. The lowest BCUT2D eigenvalue weighted by Crippen LogP contribution is -2.33. The first-order valence-electron chi connectivity index (χ1n) is 8.21. The van der Waals surface area contributed by atoms with Gasteiger partial charge in [-0.3, -0.25) is 9.69 Å². The van der Waals surface area contributed by atoms with E-state index in [0.29, 0.717) is 19.1 Å². The molecule has 2 aromatic rings. The fourth-order valence-electron chi connectivity index (χ4n) is 2.57. The molecule has 1 aromatic carbocycles. The number of hydrogen-bond acceptors (Lipinski definition) is 5. The number of alkyl halides is 3. The van der Waals surface area contributed by atoms with Gasteiger partial charge < -0.3 is 5.32 Å². The van der Waals surface area contributed by atoms with E-state index in [9.17, 15) is 18.0 Å². The maximum atomic E-state index is 12.1. The third-order valence-corrected chi connectivity index (χ3v) is 3.98. The number of carbonyl (C=O) groups excluding carboxylic acids is 1. The van der Waals surface area contributed by atoms with Crippen molar-refractivity contribution in [3.63, 3.8) is 0 Å². The summed E-state index contributed by atoms with van der Waals surface area (Å²) in [6.45, 7) is -0.161. The Morgan fingerprint density at radius 1 is 1.27 bits per heavy atom. The summed E-state index contributed by atoms with van der Waals surface area (Å²) in [5, 5.41) is 13.6. The average molecular weight is 368 g/mol. The predicted molar refractivity (Wildman–Crippen MR) is 86.1 cm³/mol. The number of hydrogen-bond donors (Lipinski definition) is 1. The van der Waals surface area contributed by atoms with Crippen molar-refractivity contribution in [3.8, 4) is 0 Å². The molecular weight excluding hydrogens is 349 g/mol. The molecule has 0 radical (unpaired) electrons. The van der Waals surface area contributed by atoms with Gasteiger partial charge in [-0.2, -0.15) is 13.2 Å². The van der Waals surface area contributed by atoms with Crippen LogP contribution in [0.5, 0.6) is 0 Å². The Hall–Kier alpha value is -2.49. The molecule has 7 nitrogen and oxygen atoms in total. The molecule has 140 valence electrons. The number of benzene rings is 1. The SMILES string of the molecule is CN(Cc1ccc(C(=O)NCC(F)(F)F)cc1)Cc1nnnn1C1CC1. The van der Waals surface area contributed by atoms with Crippen LogP contribution in [0, 0.1) is 0 Å². The van der Waals surface area contributed by atoms with Gasteiger partial charge in [0.1, 0.15) is 6.54 Å². The lowest BCUT2D eigenvalue weighted by Gasteiger charge is -2.16. The molecule has 0 bridgehead atoms. The zero-order valence-electron chi connectivity index (χ0n) is 14.2. The summed E-state index contributed by atoms with van der Waals surface area (Å²) < 4.78 is 38.3. The summed E-state index contributed by atoms with van der Waals surface area (Å²) in [5.74, 6) is 0.0592. The van der Waals surface area contributed by atoms with Gasteiger partial charge in [0.15, 0.2) is 5.82 Å². The van der Waals surface area contributed by atoms with E-state index in [1.807, 2.05) is 21.9 Å². The van der Waals surface area contributed by atoms with Gasteiger partial charge in [-0.25, -0.2) is 4.68 Å². The number of carbonyl (C=O) groups is 1. The first-order valence-corrected chi connectivity index (χ1v) is 8.21. The molecule has 1 aliphatic rings. The van der Waals surface area contributed by atoms with Gasteiger partial charge in [-0.15, -0.1) is 5.10 Å². The third-order valence-electron chi connectivity index (χ3n) is 3.98. The molecule has 0 saturated heterocycles. The predicted octanol–water partition coefficient (Wildman–Crippen LogP) is 1.93. The van der Waals surface area contributed by atoms with Gasteiger partial charge in [0, 0.05) is 12.1 Å². The van der Waals surface area contributed by atoms with Crippen molar-refractivity contribution < 1.29 is 18.0 Å². The van der Waals surface area contributed by atoms with Gasteiger partial charge in [-0.05, 0) is 48.0 Å². The maximum absolute atomic E-state index is 12.1. The fourth-order valence-corrected chi connectivity index (χ4v) is 2.57. The number of rotatable bonds is 7. The highest BCUT2D eigenvalue weighted by molar-refractivity contribution is 5.94. The van der Waals surface area contributed by atoms with Crippen molar-refractivity contribution >= 4 is 5.91 Å². The van der Waals surface area contributed by atoms with E-state index in [0.717, 1.165) is 24.2 Å². The zero-order chi connectivity index (χ0) is 18.7. The summed E-state index contributed by atoms with van der Waals surface area (Å²) in [6, 6.07) is 6.89. The molecule has 1 saturated carbocycles. The monoisotopic (exact) mass is 368 g/mol. The fraction of sp³-hybridized carbons (Fsp3) is 0.500. The molecule has 0 aliphatic heterocycles. The normalized spacial score (nSPS) is 14.7. The van der Waals surface area contributed by atoms with Crippen LogP contribution >= 0.6 is 0 Å². The van der Waals surface area contributed by atoms with Crippen molar-refractivity contribution in [1.82, 2.24) is 30.4 Å². The van der Waals surface area contributed by atoms with Crippen molar-refractivity contribution in [2.24, 2.45) is 0 Å². The summed E-state index contributed by atoms with van der Waals surface area (Å²) in [7, 11) is 1.93. The van der Waals surface area contributed by atoms with Gasteiger partial charge in [-0.1, -0.05) is 12.1 Å². The molecular formula is C16H19F3N6O. The van der Waals surface area contributed by atoms with Crippen LogP contribution in [0.3, 0.4) is 0 Å². The lowest BCUT2D eigenvalue weighted by atomic mass is 10.1. The molecule has 1 heterocycles. The molecule has 0 unspecified atom stereocenters. The van der Waals surface area contributed by atoms with Crippen molar-refractivity contribution in [3.05, 3.63) is 41.2 Å². The van der Waals surface area contributed by atoms with Gasteiger partial charge in [0.2, 0.25) is 0 Å². The van der Waals surface area contributed by atoms with E-state index >= 15 is 0 Å². The molecule has 1 aliphatic carbocycles. The standard InChI is InChI=1S/C16H19F3N6O/c1-24(9-14-21-22-23-25(14)13-6-7-13)8-11-2-4-12(5-3-11)15(26)20-10-16(17,18)19/h2-5,13H,6-10H2,1H3,(H,20,26). The summed E-state index contributed by atoms with van der Waals surface area (Å²) in [4.78, 5) is 13.7. The molecule has 1 amide bonds.